The van der Waals surface area contributed by atoms with Crippen molar-refractivity contribution in [3.8, 4) is 33.8 Å². The first-order valence-corrected chi connectivity index (χ1v) is 13.0. The molecular weight excluding hydrogens is 529 g/mol. The van der Waals surface area contributed by atoms with E-state index < -0.39 is 11.8 Å². The molecule has 40 heavy (non-hydrogen) atoms. The van der Waals surface area contributed by atoms with E-state index in [4.69, 9.17) is 4.74 Å². The van der Waals surface area contributed by atoms with Crippen molar-refractivity contribution in [2.24, 2.45) is 0 Å². The molecule has 0 saturated carbocycles. The lowest BCUT2D eigenvalue weighted by atomic mass is 9.92. The summed E-state index contributed by atoms with van der Waals surface area (Å²) in [6.45, 7) is 6.00. The van der Waals surface area contributed by atoms with Crippen molar-refractivity contribution in [2.45, 2.75) is 26.2 Å². The van der Waals surface area contributed by atoms with Gasteiger partial charge in [0.1, 0.15) is 23.1 Å². The van der Waals surface area contributed by atoms with E-state index in [1.54, 1.807) is 65.6 Å². The maximum Gasteiger partial charge on any atom is 0.324 e. The first-order chi connectivity index (χ1) is 19.2. The highest BCUT2D eigenvalue weighted by Crippen LogP contribution is 2.30. The normalized spacial score (nSPS) is 11.1. The van der Waals surface area contributed by atoms with Crippen molar-refractivity contribution in [3.63, 3.8) is 0 Å². The molecule has 0 aliphatic heterocycles. The van der Waals surface area contributed by atoms with Gasteiger partial charge in [0.25, 0.3) is 0 Å². The molecule has 0 radical (unpaired) electrons. The van der Waals surface area contributed by atoms with Crippen LogP contribution in [0, 0.1) is 17.1 Å². The Morgan fingerprint density at radius 3 is 2.58 bits per heavy atom. The highest BCUT2D eigenvalue weighted by Gasteiger charge is 2.22. The van der Waals surface area contributed by atoms with Gasteiger partial charge in [0.2, 0.25) is 0 Å². The number of hydrogen-bond acceptors (Lipinski definition) is 7. The van der Waals surface area contributed by atoms with Crippen LogP contribution in [0.25, 0.3) is 16.3 Å². The monoisotopic (exact) mass is 553 g/mol. The first kappa shape index (κ1) is 26.5. The number of pyridine rings is 1. The van der Waals surface area contributed by atoms with Gasteiger partial charge >= 0.3 is 6.03 Å². The van der Waals surface area contributed by atoms with Crippen LogP contribution in [0.3, 0.4) is 0 Å². The fraction of sp³-hybridized carbons (Fsp3) is 0.138. The smallest absolute Gasteiger partial charge is 0.324 e. The zero-order valence-corrected chi connectivity index (χ0v) is 22.7. The number of amides is 2. The summed E-state index contributed by atoms with van der Waals surface area (Å²) in [5, 5.41) is 19.2. The lowest BCUT2D eigenvalue weighted by Crippen LogP contribution is -2.22. The second kappa shape index (κ2) is 11.0. The predicted octanol–water partition coefficient (Wildman–Crippen LogP) is 7.14. The molecule has 2 aromatic carbocycles. The van der Waals surface area contributed by atoms with Crippen molar-refractivity contribution in [1.29, 1.82) is 5.26 Å². The van der Waals surface area contributed by atoms with Gasteiger partial charge in [-0.1, -0.05) is 26.8 Å². The molecule has 0 spiro atoms. The Morgan fingerprint density at radius 2 is 1.85 bits per heavy atom. The molecule has 0 atom stereocenters. The average Bonchev–Trinajstić information content (AvgIpc) is 3.61. The van der Waals surface area contributed by atoms with Crippen LogP contribution in [0.5, 0.6) is 11.5 Å². The maximum absolute atomic E-state index is 15.0. The van der Waals surface area contributed by atoms with Crippen LogP contribution < -0.4 is 15.4 Å². The van der Waals surface area contributed by atoms with Crippen LogP contribution in [0.2, 0.25) is 0 Å². The number of ether oxygens (including phenoxy) is 1. The van der Waals surface area contributed by atoms with Gasteiger partial charge in [-0.05, 0) is 54.0 Å². The molecule has 3 aromatic heterocycles. The van der Waals surface area contributed by atoms with Gasteiger partial charge in [-0.3, -0.25) is 10.3 Å². The third-order valence-corrected chi connectivity index (χ3v) is 6.55. The highest BCUT2D eigenvalue weighted by atomic mass is 32.1. The number of carbonyl (C=O) groups excluding carboxylic acids is 1. The molecule has 0 bridgehead atoms. The molecule has 9 nitrogen and oxygen atoms in total. The maximum atomic E-state index is 15.0. The van der Waals surface area contributed by atoms with Gasteiger partial charge in [-0.25, -0.2) is 18.2 Å². The van der Waals surface area contributed by atoms with Crippen LogP contribution >= 0.6 is 11.5 Å². The summed E-state index contributed by atoms with van der Waals surface area (Å²) in [6.07, 6.45) is 3.29. The zero-order valence-electron chi connectivity index (χ0n) is 21.8. The number of urea groups is 1. The number of carbonyl (C=O) groups is 1. The Hall–Kier alpha value is -5.08. The summed E-state index contributed by atoms with van der Waals surface area (Å²) in [4.78, 5) is 18.1. The van der Waals surface area contributed by atoms with E-state index in [9.17, 15) is 14.4 Å². The van der Waals surface area contributed by atoms with Crippen molar-refractivity contribution in [1.82, 2.24) is 19.1 Å². The van der Waals surface area contributed by atoms with Crippen LogP contribution in [0.4, 0.5) is 20.7 Å². The molecule has 200 valence electrons. The van der Waals surface area contributed by atoms with Crippen LogP contribution in [0.1, 0.15) is 32.0 Å². The van der Waals surface area contributed by atoms with E-state index >= 15 is 0 Å². The molecule has 0 aliphatic rings. The summed E-state index contributed by atoms with van der Waals surface area (Å²) in [6, 6.07) is 19.5. The van der Waals surface area contributed by atoms with Gasteiger partial charge in [0.15, 0.2) is 0 Å². The number of anilines is 2. The van der Waals surface area contributed by atoms with Crippen molar-refractivity contribution in [2.75, 3.05) is 10.6 Å². The van der Waals surface area contributed by atoms with Crippen molar-refractivity contribution in [3.05, 3.63) is 96.2 Å². The fourth-order valence-electron chi connectivity index (χ4n) is 3.76. The molecule has 0 unspecified atom stereocenters. The van der Waals surface area contributed by atoms with E-state index in [0.717, 1.165) is 10.6 Å². The third-order valence-electron chi connectivity index (χ3n) is 5.79. The highest BCUT2D eigenvalue weighted by molar-refractivity contribution is 7.09. The van der Waals surface area contributed by atoms with Crippen LogP contribution in [-0.4, -0.2) is 25.2 Å². The number of benzene rings is 2. The largest absolute Gasteiger partial charge is 0.457 e. The summed E-state index contributed by atoms with van der Waals surface area (Å²) in [5.74, 6) is 0.442. The zero-order chi connectivity index (χ0) is 28.3. The predicted molar refractivity (Wildman–Crippen MR) is 151 cm³/mol. The van der Waals surface area contributed by atoms with Gasteiger partial charge in [-0.2, -0.15) is 10.4 Å². The number of nitrogens with zero attached hydrogens (tertiary/aromatic N) is 5. The minimum atomic E-state index is -0.671. The number of rotatable bonds is 6. The molecule has 2 N–H and O–H groups in total. The second-order valence-electron chi connectivity index (χ2n) is 9.82. The summed E-state index contributed by atoms with van der Waals surface area (Å²) < 4.78 is 26.4. The Labute approximate surface area is 234 Å². The van der Waals surface area contributed by atoms with Gasteiger partial charge in [0.05, 0.1) is 39.3 Å². The number of hydrogen-bond donors (Lipinski definition) is 2. The van der Waals surface area contributed by atoms with Crippen LogP contribution in [0.15, 0.2) is 79.1 Å². The molecular formula is C29H24FN7O2S. The molecule has 0 fully saturated rings. The third kappa shape index (κ3) is 5.98. The molecule has 11 heteroatoms. The van der Waals surface area contributed by atoms with E-state index in [0.29, 0.717) is 28.5 Å². The number of aromatic nitrogens is 4. The molecule has 2 amide bonds. The van der Waals surface area contributed by atoms with E-state index in [1.165, 1.54) is 23.7 Å². The Bertz CT molecular complexity index is 1720. The average molecular weight is 554 g/mol. The minimum absolute atomic E-state index is 0.0292. The van der Waals surface area contributed by atoms with E-state index in [-0.39, 0.29) is 16.9 Å². The molecule has 3 heterocycles. The SMILES string of the molecule is CC(C)(C)c1cc(NC(=O)Nc2ccc(Oc3ccnc(-c4ccns4)c3)cc2F)n(-c2cccc(C#N)c2)n1. The summed E-state index contributed by atoms with van der Waals surface area (Å²) in [5.41, 5.74) is 2.15. The molecule has 5 rings (SSSR count). The lowest BCUT2D eigenvalue weighted by Gasteiger charge is -2.14. The Balaban J connectivity index is 1.32. The molecule has 0 saturated heterocycles. The van der Waals surface area contributed by atoms with Crippen molar-refractivity contribution < 1.29 is 13.9 Å². The summed E-state index contributed by atoms with van der Waals surface area (Å²) in [7, 11) is 0. The van der Waals surface area contributed by atoms with Gasteiger partial charge < -0.3 is 10.1 Å². The van der Waals surface area contributed by atoms with Crippen LogP contribution in [-0.2, 0) is 5.41 Å². The number of halogens is 1. The first-order valence-electron chi connectivity index (χ1n) is 12.2. The van der Waals surface area contributed by atoms with E-state index in [2.05, 4.69) is 31.2 Å². The fourth-order valence-corrected chi connectivity index (χ4v) is 4.33. The standard InChI is InChI=1S/C29H24FN7O2S/c1-29(2,3)26-16-27(37(36-26)19-6-4-5-18(13-19)17-31)35-28(38)34-23-8-7-20(14-22(23)30)39-21-9-11-32-24(15-21)25-10-12-33-40-25/h4-16H,1-3H3,(H2,34,35,38). The molecule has 5 aromatic rings. The minimum Gasteiger partial charge on any atom is -0.457 e. The number of nitrogens with one attached hydrogen (secondary N) is 2. The van der Waals surface area contributed by atoms with Crippen molar-refractivity contribution >= 4 is 29.1 Å². The second-order valence-corrected chi connectivity index (χ2v) is 10.6. The topological polar surface area (TPSA) is 118 Å². The Morgan fingerprint density at radius 1 is 1.02 bits per heavy atom. The lowest BCUT2D eigenvalue weighted by molar-refractivity contribution is 0.262. The molecule has 0 aliphatic carbocycles. The summed E-state index contributed by atoms with van der Waals surface area (Å²) >= 11 is 1.31. The quantitative estimate of drug-likeness (QED) is 0.231. The van der Waals surface area contributed by atoms with Gasteiger partial charge in [0, 0.05) is 36.0 Å². The Kier molecular flexibility index (Phi) is 7.27. The van der Waals surface area contributed by atoms with E-state index in [1.807, 2.05) is 26.8 Å². The number of nitriles is 1. The van der Waals surface area contributed by atoms with Gasteiger partial charge in [-0.15, -0.1) is 0 Å².